The molecule has 1 aromatic heterocycles. The number of aromatic nitrogens is 4. The Kier molecular flexibility index (Phi) is 5.63. The van der Waals surface area contributed by atoms with Crippen LogP contribution in [0.3, 0.4) is 0 Å². The van der Waals surface area contributed by atoms with E-state index in [1.165, 1.54) is 31.3 Å². The lowest BCUT2D eigenvalue weighted by Gasteiger charge is -2.20. The number of carbonyl (C=O) groups excluding carboxylic acids is 2. The molecule has 0 aliphatic carbocycles. The summed E-state index contributed by atoms with van der Waals surface area (Å²) >= 11 is 0. The zero-order valence-electron chi connectivity index (χ0n) is 16.0. The van der Waals surface area contributed by atoms with E-state index in [0.29, 0.717) is 29.4 Å². The van der Waals surface area contributed by atoms with Crippen LogP contribution in [-0.4, -0.2) is 46.7 Å². The van der Waals surface area contributed by atoms with Crippen molar-refractivity contribution in [3.8, 4) is 0 Å². The number of rotatable bonds is 4. The first-order chi connectivity index (χ1) is 14.4. The number of alkyl halides is 3. The maximum absolute atomic E-state index is 13.3. The van der Waals surface area contributed by atoms with Crippen LogP contribution in [-0.2, 0) is 23.1 Å². The molecule has 0 radical (unpaired) electrons. The highest BCUT2D eigenvalue weighted by molar-refractivity contribution is 7.90. The van der Waals surface area contributed by atoms with Crippen molar-refractivity contribution in [1.82, 2.24) is 20.2 Å². The predicted molar refractivity (Wildman–Crippen MR) is 101 cm³/mol. The fourth-order valence-electron chi connectivity index (χ4n) is 2.70. The maximum Gasteiger partial charge on any atom is 0.416 e. The third-order valence-corrected chi connectivity index (χ3v) is 5.30. The monoisotopic (exact) mass is 453 g/mol. The number of hydrogen-bond acceptors (Lipinski definition) is 7. The Morgan fingerprint density at radius 3 is 2.19 bits per heavy atom. The van der Waals surface area contributed by atoms with Crippen LogP contribution in [0.4, 0.5) is 19.1 Å². The number of amides is 2. The van der Waals surface area contributed by atoms with Gasteiger partial charge in [-0.15, -0.1) is 0 Å². The Labute approximate surface area is 174 Å². The van der Waals surface area contributed by atoms with E-state index >= 15 is 0 Å². The summed E-state index contributed by atoms with van der Waals surface area (Å²) in [6.07, 6.45) is -4.18. The average Bonchev–Trinajstić information content (AvgIpc) is 3.12. The summed E-state index contributed by atoms with van der Waals surface area (Å²) in [5.74, 6) is -2.46. The fourth-order valence-corrected chi connectivity index (χ4v) is 3.60. The molecule has 0 fully saturated rings. The molecule has 0 spiro atoms. The lowest BCUT2D eigenvalue weighted by molar-refractivity contribution is -0.137. The van der Waals surface area contributed by atoms with Gasteiger partial charge in [0, 0.05) is 18.9 Å². The molecule has 0 atom stereocenters. The van der Waals surface area contributed by atoms with Crippen LogP contribution in [0.2, 0.25) is 0 Å². The quantitative estimate of drug-likeness (QED) is 0.556. The van der Waals surface area contributed by atoms with Gasteiger partial charge in [-0.1, -0.05) is 23.3 Å². The van der Waals surface area contributed by atoms with E-state index in [4.69, 9.17) is 0 Å². The van der Waals surface area contributed by atoms with Crippen LogP contribution in [0.25, 0.3) is 0 Å². The maximum atomic E-state index is 13.3. The number of anilines is 1. The third kappa shape index (κ3) is 4.45. The molecule has 3 aromatic rings. The van der Waals surface area contributed by atoms with Crippen LogP contribution in [0.15, 0.2) is 53.4 Å². The van der Waals surface area contributed by atoms with E-state index in [2.05, 4.69) is 15.5 Å². The number of benzene rings is 2. The number of carbonyl (C=O) groups is 2. The number of hydrogen-bond donors (Lipinski definition) is 0. The van der Waals surface area contributed by atoms with E-state index < -0.39 is 43.9 Å². The molecule has 31 heavy (non-hydrogen) atoms. The van der Waals surface area contributed by atoms with E-state index in [0.717, 1.165) is 4.68 Å². The van der Waals surface area contributed by atoms with Crippen molar-refractivity contribution in [2.24, 2.45) is 7.05 Å². The highest BCUT2D eigenvalue weighted by atomic mass is 32.2. The summed E-state index contributed by atoms with van der Waals surface area (Å²) in [4.78, 5) is 26.0. The normalized spacial score (nSPS) is 11.9. The molecule has 3 rings (SSSR count). The minimum atomic E-state index is -4.84. The van der Waals surface area contributed by atoms with Gasteiger partial charge in [0.25, 0.3) is 17.8 Å². The molecule has 2 amide bonds. The number of aryl methyl sites for hydroxylation is 1. The van der Waals surface area contributed by atoms with Gasteiger partial charge < -0.3 is 0 Å². The summed E-state index contributed by atoms with van der Waals surface area (Å²) < 4.78 is 64.7. The van der Waals surface area contributed by atoms with Gasteiger partial charge in [0.2, 0.25) is 0 Å². The largest absolute Gasteiger partial charge is 0.416 e. The van der Waals surface area contributed by atoms with Crippen LogP contribution >= 0.6 is 0 Å². The van der Waals surface area contributed by atoms with E-state index in [1.54, 1.807) is 6.07 Å². The molecular weight excluding hydrogens is 439 g/mol. The first-order valence-corrected chi connectivity index (χ1v) is 10.4. The molecule has 0 unspecified atom stereocenters. The zero-order chi connectivity index (χ0) is 23.0. The predicted octanol–water partition coefficient (Wildman–Crippen LogP) is 2.12. The smallest absolute Gasteiger partial charge is 0.268 e. The van der Waals surface area contributed by atoms with Crippen molar-refractivity contribution in [3.05, 3.63) is 65.2 Å². The standard InChI is InChI=1S/C18H14F3N5O4S/c1-25-17(22-23-24-25)26(15(27)11-6-4-3-5-7-11)16(28)13-9-8-12(18(19,20)21)10-14(13)31(2,29)30/h3-10H,1-2H3. The molecule has 9 nitrogen and oxygen atoms in total. The van der Waals surface area contributed by atoms with E-state index in [1.807, 2.05) is 0 Å². The summed E-state index contributed by atoms with van der Waals surface area (Å²) in [5, 5.41) is 10.5. The van der Waals surface area contributed by atoms with Crippen LogP contribution in [0.1, 0.15) is 26.3 Å². The zero-order valence-corrected chi connectivity index (χ0v) is 16.8. The minimum absolute atomic E-state index is 0.0478. The Bertz CT molecular complexity index is 1260. The third-order valence-electron chi connectivity index (χ3n) is 4.16. The number of tetrazole rings is 1. The van der Waals surface area contributed by atoms with Gasteiger partial charge in [-0.3, -0.25) is 9.59 Å². The Morgan fingerprint density at radius 2 is 1.68 bits per heavy atom. The average molecular weight is 453 g/mol. The lowest BCUT2D eigenvalue weighted by atomic mass is 10.1. The van der Waals surface area contributed by atoms with Crippen molar-refractivity contribution in [3.63, 3.8) is 0 Å². The minimum Gasteiger partial charge on any atom is -0.268 e. The molecule has 1 heterocycles. The Balaban J connectivity index is 2.21. The van der Waals surface area contributed by atoms with Crippen molar-refractivity contribution in [1.29, 1.82) is 0 Å². The Morgan fingerprint density at radius 1 is 1.03 bits per heavy atom. The van der Waals surface area contributed by atoms with Crippen LogP contribution in [0.5, 0.6) is 0 Å². The van der Waals surface area contributed by atoms with Crippen molar-refractivity contribution in [2.45, 2.75) is 11.1 Å². The first kappa shape index (κ1) is 22.1. The molecule has 13 heteroatoms. The second-order valence-electron chi connectivity index (χ2n) is 6.40. The topological polar surface area (TPSA) is 115 Å². The molecule has 0 bridgehead atoms. The molecular formula is C18H14F3N5O4S. The van der Waals surface area contributed by atoms with Gasteiger partial charge in [-0.2, -0.15) is 13.2 Å². The van der Waals surface area contributed by atoms with E-state index in [9.17, 15) is 31.2 Å². The first-order valence-electron chi connectivity index (χ1n) is 8.48. The SMILES string of the molecule is Cn1nnnc1N(C(=O)c1ccccc1)C(=O)c1ccc(C(F)(F)F)cc1S(C)(=O)=O. The van der Waals surface area contributed by atoms with Gasteiger partial charge in [0.05, 0.1) is 16.0 Å². The van der Waals surface area contributed by atoms with Crippen molar-refractivity contribution >= 4 is 27.6 Å². The summed E-state index contributed by atoms with van der Waals surface area (Å²) in [6, 6.07) is 9.11. The van der Waals surface area contributed by atoms with Crippen LogP contribution < -0.4 is 4.90 Å². The number of nitrogens with zero attached hydrogens (tertiary/aromatic N) is 5. The second-order valence-corrected chi connectivity index (χ2v) is 8.38. The van der Waals surface area contributed by atoms with E-state index in [-0.39, 0.29) is 11.5 Å². The molecule has 0 saturated carbocycles. The number of sulfone groups is 1. The molecule has 162 valence electrons. The molecule has 2 aromatic carbocycles. The van der Waals surface area contributed by atoms with Gasteiger partial charge in [-0.25, -0.2) is 18.0 Å². The second kappa shape index (κ2) is 7.91. The van der Waals surface area contributed by atoms with Gasteiger partial charge in [-0.05, 0) is 40.8 Å². The van der Waals surface area contributed by atoms with Crippen molar-refractivity contribution in [2.75, 3.05) is 11.2 Å². The van der Waals surface area contributed by atoms with Gasteiger partial charge in [0.15, 0.2) is 9.84 Å². The fraction of sp³-hybridized carbons (Fsp3) is 0.167. The molecule has 0 N–H and O–H groups in total. The molecule has 0 aliphatic rings. The summed E-state index contributed by atoms with van der Waals surface area (Å²) in [7, 11) is -2.95. The van der Waals surface area contributed by atoms with Crippen molar-refractivity contribution < 1.29 is 31.2 Å². The number of imide groups is 1. The number of halogens is 3. The summed E-state index contributed by atoms with van der Waals surface area (Å²) in [5.41, 5.74) is -1.85. The molecule has 0 saturated heterocycles. The summed E-state index contributed by atoms with van der Waals surface area (Å²) in [6.45, 7) is 0. The van der Waals surface area contributed by atoms with Crippen LogP contribution in [0, 0.1) is 0 Å². The van der Waals surface area contributed by atoms with Gasteiger partial charge >= 0.3 is 6.18 Å². The highest BCUT2D eigenvalue weighted by Gasteiger charge is 2.36. The Hall–Kier alpha value is -3.61. The molecule has 0 aliphatic heterocycles. The lowest BCUT2D eigenvalue weighted by Crippen LogP contribution is -2.39. The highest BCUT2D eigenvalue weighted by Crippen LogP contribution is 2.32. The van der Waals surface area contributed by atoms with Gasteiger partial charge in [0.1, 0.15) is 0 Å².